The fourth-order valence-corrected chi connectivity index (χ4v) is 10.6. The number of benzene rings is 5. The maximum Gasteiger partial charge on any atom is 0.216 e. The zero-order valence-corrected chi connectivity index (χ0v) is 37.1. The number of fused-ring (bicyclic) bond motifs is 4. The maximum absolute atomic E-state index is 6.29. The monoisotopic (exact) mass is 971 g/mol. The molecule has 0 aliphatic heterocycles. The van der Waals surface area contributed by atoms with Crippen LogP contribution in [0.2, 0.25) is 17.3 Å². The summed E-state index contributed by atoms with van der Waals surface area (Å²) in [5.74, 6) is 8.79. The molecule has 5 aromatic carbocycles. The first-order valence-corrected chi connectivity index (χ1v) is 26.3. The second-order valence-corrected chi connectivity index (χ2v) is 26.1. The van der Waals surface area contributed by atoms with Crippen LogP contribution in [0, 0.1) is 25.0 Å². The van der Waals surface area contributed by atoms with E-state index in [-0.39, 0.29) is 20.1 Å². The fourth-order valence-electron chi connectivity index (χ4n) is 7.25. The molecule has 9 rings (SSSR count). The average molecular weight is 970 g/mol. The molecule has 281 valence electrons. The van der Waals surface area contributed by atoms with Crippen LogP contribution in [0.5, 0.6) is 0 Å². The van der Waals surface area contributed by atoms with E-state index in [0.717, 1.165) is 67.8 Å². The van der Waals surface area contributed by atoms with Gasteiger partial charge in [-0.3, -0.25) is 4.98 Å². The van der Waals surface area contributed by atoms with E-state index >= 15 is 0 Å². The van der Waals surface area contributed by atoms with Crippen molar-refractivity contribution < 1.29 is 24.5 Å². The molecular weight excluding hydrogens is 925 g/mol. The summed E-state index contributed by atoms with van der Waals surface area (Å²) in [4.78, 5) is 14.3. The van der Waals surface area contributed by atoms with Gasteiger partial charge in [-0.15, -0.1) is 18.2 Å². The van der Waals surface area contributed by atoms with Gasteiger partial charge >= 0.3 is 126 Å². The average Bonchev–Trinajstić information content (AvgIpc) is 3.76. The molecule has 4 aromatic heterocycles. The molecule has 0 unspecified atom stereocenters. The third-order valence-electron chi connectivity index (χ3n) is 9.87. The van der Waals surface area contributed by atoms with Gasteiger partial charge in [-0.1, -0.05) is 65.5 Å². The van der Waals surface area contributed by atoms with Crippen molar-refractivity contribution >= 4 is 50.8 Å². The Morgan fingerprint density at radius 2 is 1.46 bits per heavy atom. The van der Waals surface area contributed by atoms with Crippen molar-refractivity contribution in [2.75, 3.05) is 0 Å². The van der Waals surface area contributed by atoms with Crippen molar-refractivity contribution in [3.8, 4) is 39.5 Å². The minimum absolute atomic E-state index is 0. The van der Waals surface area contributed by atoms with Crippen molar-refractivity contribution in [2.45, 2.75) is 44.5 Å². The van der Waals surface area contributed by atoms with E-state index in [1.807, 2.05) is 67.6 Å². The molecule has 56 heavy (non-hydrogen) atoms. The van der Waals surface area contributed by atoms with Crippen LogP contribution in [0.3, 0.4) is 0 Å². The Kier molecular flexibility index (Phi) is 11.5. The second-order valence-electron chi connectivity index (χ2n) is 15.5. The first kappa shape index (κ1) is 39.1. The number of furan rings is 1. The Balaban J connectivity index is 0.000000197. The molecule has 0 atom stereocenters. The summed E-state index contributed by atoms with van der Waals surface area (Å²) in [6.07, 6.45) is 3.27. The van der Waals surface area contributed by atoms with Gasteiger partial charge in [0.15, 0.2) is 0 Å². The third-order valence-corrected chi connectivity index (χ3v) is 14.2. The summed E-state index contributed by atoms with van der Waals surface area (Å²) in [7, 11) is 0. The van der Waals surface area contributed by atoms with Crippen LogP contribution in [0.1, 0.15) is 25.1 Å². The van der Waals surface area contributed by atoms with E-state index in [1.54, 1.807) is 4.40 Å². The van der Waals surface area contributed by atoms with Crippen LogP contribution in [-0.2, 0) is 26.5 Å². The van der Waals surface area contributed by atoms with Crippen molar-refractivity contribution in [3.05, 3.63) is 163 Å². The van der Waals surface area contributed by atoms with E-state index in [2.05, 4.69) is 132 Å². The molecule has 0 spiro atoms. The molecular formula is C49H44GeIrN4O-2. The van der Waals surface area contributed by atoms with Crippen molar-refractivity contribution in [3.63, 3.8) is 0 Å². The van der Waals surface area contributed by atoms with Crippen molar-refractivity contribution in [2.24, 2.45) is 5.92 Å². The van der Waals surface area contributed by atoms with Crippen molar-refractivity contribution in [1.82, 2.24) is 19.5 Å². The number of para-hydroxylation sites is 2. The van der Waals surface area contributed by atoms with Crippen LogP contribution < -0.4 is 4.40 Å². The summed E-state index contributed by atoms with van der Waals surface area (Å²) < 4.78 is 10.0. The van der Waals surface area contributed by atoms with Gasteiger partial charge in [0, 0.05) is 36.9 Å². The summed E-state index contributed by atoms with van der Waals surface area (Å²) in [5, 5.41) is 2.01. The Morgan fingerprint density at radius 1 is 0.732 bits per heavy atom. The Morgan fingerprint density at radius 3 is 2.20 bits per heavy atom. The number of imidazole rings is 1. The molecule has 0 amide bonds. The first-order valence-electron chi connectivity index (χ1n) is 18.9. The molecule has 1 radical (unpaired) electrons. The topological polar surface area (TPSA) is 56.7 Å². The molecule has 0 bridgehead atoms. The fraction of sp³-hybridized carbons (Fsp3) is 0.163. The Labute approximate surface area is 345 Å². The van der Waals surface area contributed by atoms with Gasteiger partial charge in [-0.25, -0.2) is 4.98 Å². The number of pyridine rings is 2. The number of aromatic nitrogens is 4. The number of rotatable bonds is 7. The van der Waals surface area contributed by atoms with Crippen molar-refractivity contribution in [1.29, 1.82) is 0 Å². The number of nitrogens with zero attached hydrogens (tertiary/aromatic N) is 4. The van der Waals surface area contributed by atoms with E-state index < -0.39 is 13.3 Å². The van der Waals surface area contributed by atoms with Crippen LogP contribution in [-0.4, -0.2) is 32.8 Å². The molecule has 0 fully saturated rings. The summed E-state index contributed by atoms with van der Waals surface area (Å²) in [6, 6.07) is 52.3. The van der Waals surface area contributed by atoms with E-state index in [0.29, 0.717) is 11.6 Å². The number of aryl methyl sites for hydroxylation is 1. The SMILES string of the molecule is CC(C)Cc1cc(-c2[c-]cccc2)nc[c]1[Ge]([CH3])([CH3])[CH3].Cc1ccc2c(n1)oc1c(-c3nc4ccccc4n3-c3ccc(-c4ccccc4)cc3)[c-]ccc12.[Ir]. The number of hydrogen-bond donors (Lipinski definition) is 0. The summed E-state index contributed by atoms with van der Waals surface area (Å²) >= 11 is -1.86. The first-order chi connectivity index (χ1) is 26.6. The van der Waals surface area contributed by atoms with E-state index in [1.165, 1.54) is 16.7 Å². The quantitative estimate of drug-likeness (QED) is 0.118. The molecule has 5 nitrogen and oxygen atoms in total. The molecule has 0 aliphatic rings. The van der Waals surface area contributed by atoms with Gasteiger partial charge in [0.25, 0.3) is 0 Å². The van der Waals surface area contributed by atoms with Gasteiger partial charge in [-0.2, -0.15) is 0 Å². The van der Waals surface area contributed by atoms with Gasteiger partial charge in [-0.05, 0) is 54.4 Å². The smallest absolute Gasteiger partial charge is 0.216 e. The zero-order chi connectivity index (χ0) is 38.1. The van der Waals surface area contributed by atoms with Crippen LogP contribution >= 0.6 is 0 Å². The predicted octanol–water partition coefficient (Wildman–Crippen LogP) is 12.1. The molecule has 4 heterocycles. The third kappa shape index (κ3) is 8.06. The largest absolute Gasteiger partial charge is 0.486 e. The predicted molar refractivity (Wildman–Crippen MR) is 231 cm³/mol. The summed E-state index contributed by atoms with van der Waals surface area (Å²) in [6.45, 7) is 6.54. The van der Waals surface area contributed by atoms with Crippen LogP contribution in [0.15, 0.2) is 144 Å². The summed E-state index contributed by atoms with van der Waals surface area (Å²) in [5.41, 5.74) is 12.1. The van der Waals surface area contributed by atoms with Crippen LogP contribution in [0.4, 0.5) is 0 Å². The van der Waals surface area contributed by atoms with Gasteiger partial charge in [0.1, 0.15) is 0 Å². The molecule has 7 heteroatoms. The second kappa shape index (κ2) is 16.5. The molecule has 9 aromatic rings. The molecule has 0 aliphatic carbocycles. The molecule has 0 saturated heterocycles. The van der Waals surface area contributed by atoms with Gasteiger partial charge in [0.05, 0.1) is 22.4 Å². The van der Waals surface area contributed by atoms with Gasteiger partial charge < -0.3 is 8.98 Å². The maximum atomic E-state index is 6.29. The zero-order valence-electron chi connectivity index (χ0n) is 32.6. The molecule has 0 N–H and O–H groups in total. The normalized spacial score (nSPS) is 11.5. The van der Waals surface area contributed by atoms with Crippen LogP contribution in [0.25, 0.3) is 72.6 Å². The minimum atomic E-state index is -1.86. The minimum Gasteiger partial charge on any atom is -0.486 e. The van der Waals surface area contributed by atoms with E-state index in [4.69, 9.17) is 14.4 Å². The Hall–Kier alpha value is -5.14. The van der Waals surface area contributed by atoms with E-state index in [9.17, 15) is 0 Å². The number of hydrogen-bond acceptors (Lipinski definition) is 4. The van der Waals surface area contributed by atoms with Gasteiger partial charge in [0.2, 0.25) is 5.71 Å². The Bertz CT molecular complexity index is 2750. The standard InChI is InChI=1S/C31H20N3O.C18H24GeN.Ir/c1-20-14-19-25-24-10-7-11-26(29(24)35-31(25)32-20)30-33-27-12-5-6-13-28(27)34(30)23-17-15-22(16-18-23)21-8-3-2-4-9-21;1-14(2)11-16-12-18(15-9-7-6-8-10-15)20-13-17(16)19(3,4)5;/h2-10,12-19H,1H3;6-9,12-14H,11H2,1-5H3;/q2*-1;. The molecule has 0 saturated carbocycles.